The van der Waals surface area contributed by atoms with Gasteiger partial charge in [0.2, 0.25) is 0 Å². The molecular formula is C14H21NO4. The summed E-state index contributed by atoms with van der Waals surface area (Å²) in [5.41, 5.74) is 3.13. The van der Waals surface area contributed by atoms with Gasteiger partial charge in [0, 0.05) is 23.1 Å². The van der Waals surface area contributed by atoms with Gasteiger partial charge in [-0.25, -0.2) is 0 Å². The van der Waals surface area contributed by atoms with E-state index in [4.69, 9.17) is 14.2 Å². The third-order valence-electron chi connectivity index (χ3n) is 4.09. The molecule has 2 N–H and O–H groups in total. The summed E-state index contributed by atoms with van der Waals surface area (Å²) in [4.78, 5) is 0. The zero-order valence-corrected chi connectivity index (χ0v) is 11.8. The Morgan fingerprint density at radius 1 is 1.11 bits per heavy atom. The van der Waals surface area contributed by atoms with E-state index in [2.05, 4.69) is 5.48 Å². The van der Waals surface area contributed by atoms with E-state index in [-0.39, 0.29) is 11.5 Å². The van der Waals surface area contributed by atoms with Crippen molar-refractivity contribution in [3.63, 3.8) is 0 Å². The fraction of sp³-hybridized carbons (Fsp3) is 0.571. The minimum atomic E-state index is -0.313. The predicted octanol–water partition coefficient (Wildman–Crippen LogP) is 2.33. The molecule has 0 spiro atoms. The van der Waals surface area contributed by atoms with Gasteiger partial charge in [-0.3, -0.25) is 0 Å². The van der Waals surface area contributed by atoms with Gasteiger partial charge in [-0.15, -0.1) is 0 Å². The van der Waals surface area contributed by atoms with Crippen LogP contribution >= 0.6 is 0 Å². The molecule has 106 valence electrons. The summed E-state index contributed by atoms with van der Waals surface area (Å²) in [6.45, 7) is 2.00. The van der Waals surface area contributed by atoms with Gasteiger partial charge in [-0.1, -0.05) is 0 Å². The molecule has 0 saturated heterocycles. The molecule has 1 aromatic carbocycles. The van der Waals surface area contributed by atoms with Crippen LogP contribution in [0.2, 0.25) is 0 Å². The molecule has 1 aromatic rings. The molecule has 2 unspecified atom stereocenters. The topological polar surface area (TPSA) is 60.0 Å². The summed E-state index contributed by atoms with van der Waals surface area (Å²) in [5.74, 6) is 2.25. The van der Waals surface area contributed by atoms with Crippen molar-refractivity contribution in [2.24, 2.45) is 0 Å². The van der Waals surface area contributed by atoms with Crippen molar-refractivity contribution in [1.82, 2.24) is 5.48 Å². The van der Waals surface area contributed by atoms with Crippen LogP contribution in [0.15, 0.2) is 12.1 Å². The van der Waals surface area contributed by atoms with Gasteiger partial charge in [0.05, 0.1) is 21.3 Å². The molecule has 1 aliphatic rings. The van der Waals surface area contributed by atoms with E-state index in [9.17, 15) is 5.21 Å². The highest BCUT2D eigenvalue weighted by atomic mass is 16.5. The molecule has 0 bridgehead atoms. The maximum Gasteiger partial charge on any atom is 0.164 e. The lowest BCUT2D eigenvalue weighted by Crippen LogP contribution is -2.53. The van der Waals surface area contributed by atoms with E-state index in [0.29, 0.717) is 11.5 Å². The van der Waals surface area contributed by atoms with E-state index < -0.39 is 0 Å². The zero-order valence-electron chi connectivity index (χ0n) is 11.8. The first-order chi connectivity index (χ1) is 9.09. The summed E-state index contributed by atoms with van der Waals surface area (Å²) >= 11 is 0. The number of nitrogens with one attached hydrogen (secondary N) is 1. The molecule has 1 aliphatic carbocycles. The van der Waals surface area contributed by atoms with Crippen LogP contribution in [0, 0.1) is 0 Å². The van der Waals surface area contributed by atoms with Gasteiger partial charge < -0.3 is 19.4 Å². The first-order valence-electron chi connectivity index (χ1n) is 6.30. The summed E-state index contributed by atoms with van der Waals surface area (Å²) in [6, 6.07) is 3.75. The van der Waals surface area contributed by atoms with Crippen molar-refractivity contribution in [1.29, 1.82) is 0 Å². The Balaban J connectivity index is 2.44. The molecule has 19 heavy (non-hydrogen) atoms. The van der Waals surface area contributed by atoms with Crippen LogP contribution in [-0.4, -0.2) is 32.1 Å². The lowest BCUT2D eigenvalue weighted by atomic mass is 9.65. The van der Waals surface area contributed by atoms with E-state index in [1.54, 1.807) is 21.3 Å². The first kappa shape index (κ1) is 14.0. The van der Waals surface area contributed by atoms with Gasteiger partial charge in [-0.2, -0.15) is 5.48 Å². The fourth-order valence-corrected chi connectivity index (χ4v) is 2.68. The average molecular weight is 267 g/mol. The highest BCUT2D eigenvalue weighted by Crippen LogP contribution is 2.50. The molecule has 0 amide bonds. The van der Waals surface area contributed by atoms with Crippen molar-refractivity contribution in [2.75, 3.05) is 21.3 Å². The number of hydrogen-bond acceptors (Lipinski definition) is 5. The number of methoxy groups -OCH3 is 3. The van der Waals surface area contributed by atoms with Crippen LogP contribution < -0.4 is 19.7 Å². The smallest absolute Gasteiger partial charge is 0.164 e. The molecule has 0 aromatic heterocycles. The van der Waals surface area contributed by atoms with Crippen molar-refractivity contribution in [3.05, 3.63) is 17.7 Å². The van der Waals surface area contributed by atoms with Crippen molar-refractivity contribution < 1.29 is 19.4 Å². The van der Waals surface area contributed by atoms with Gasteiger partial charge in [-0.05, 0) is 25.8 Å². The maximum absolute atomic E-state index is 9.32. The van der Waals surface area contributed by atoms with Gasteiger partial charge in [0.25, 0.3) is 0 Å². The van der Waals surface area contributed by atoms with E-state index in [1.807, 2.05) is 19.1 Å². The molecule has 2 atom stereocenters. The molecule has 1 fully saturated rings. The van der Waals surface area contributed by atoms with Crippen LogP contribution in [0.25, 0.3) is 0 Å². The number of hydrogen-bond donors (Lipinski definition) is 2. The molecule has 0 aliphatic heterocycles. The number of rotatable bonds is 5. The Hall–Kier alpha value is -1.46. The zero-order chi connectivity index (χ0) is 14.0. The summed E-state index contributed by atoms with van der Waals surface area (Å²) in [6.07, 6.45) is 1.92. The highest BCUT2D eigenvalue weighted by molar-refractivity contribution is 5.53. The standard InChI is InChI=1S/C14H21NO4/c1-14(15-16)6-5-10(14)9-7-12(18-3)13(19-4)8-11(9)17-2/h7-8,10,15-16H,5-6H2,1-4H3. The molecular weight excluding hydrogens is 246 g/mol. The van der Waals surface area contributed by atoms with E-state index in [0.717, 1.165) is 24.2 Å². The lowest BCUT2D eigenvalue weighted by Gasteiger charge is -2.46. The van der Waals surface area contributed by atoms with E-state index in [1.165, 1.54) is 0 Å². The van der Waals surface area contributed by atoms with Gasteiger partial charge in [0.1, 0.15) is 5.75 Å². The number of hydroxylamine groups is 1. The normalized spacial score (nSPS) is 25.6. The molecule has 5 heteroatoms. The third-order valence-corrected chi connectivity index (χ3v) is 4.09. The largest absolute Gasteiger partial charge is 0.496 e. The minimum Gasteiger partial charge on any atom is -0.496 e. The molecule has 1 saturated carbocycles. The number of benzene rings is 1. The quantitative estimate of drug-likeness (QED) is 0.802. The second-order valence-electron chi connectivity index (χ2n) is 5.07. The Kier molecular flexibility index (Phi) is 3.87. The molecule has 0 radical (unpaired) electrons. The Morgan fingerprint density at radius 3 is 2.11 bits per heavy atom. The van der Waals surface area contributed by atoms with Crippen LogP contribution in [-0.2, 0) is 0 Å². The van der Waals surface area contributed by atoms with Crippen LogP contribution in [0.3, 0.4) is 0 Å². The van der Waals surface area contributed by atoms with E-state index >= 15 is 0 Å². The fourth-order valence-electron chi connectivity index (χ4n) is 2.68. The average Bonchev–Trinajstić information content (AvgIpc) is 2.44. The summed E-state index contributed by atoms with van der Waals surface area (Å²) in [5, 5.41) is 9.32. The summed E-state index contributed by atoms with van der Waals surface area (Å²) in [7, 11) is 4.84. The van der Waals surface area contributed by atoms with Crippen LogP contribution in [0.1, 0.15) is 31.2 Å². The maximum atomic E-state index is 9.32. The monoisotopic (exact) mass is 267 g/mol. The van der Waals surface area contributed by atoms with Crippen molar-refractivity contribution >= 4 is 0 Å². The Labute approximate surface area is 113 Å². The third kappa shape index (κ3) is 2.24. The number of ether oxygens (including phenoxy) is 3. The molecule has 0 heterocycles. The second-order valence-corrected chi connectivity index (χ2v) is 5.07. The Bertz CT molecular complexity index is 459. The predicted molar refractivity (Wildman–Crippen MR) is 71.4 cm³/mol. The highest BCUT2D eigenvalue weighted by Gasteiger charge is 2.45. The van der Waals surface area contributed by atoms with Crippen molar-refractivity contribution in [2.45, 2.75) is 31.2 Å². The Morgan fingerprint density at radius 2 is 1.68 bits per heavy atom. The molecule has 2 rings (SSSR count). The minimum absolute atomic E-state index is 0.187. The lowest BCUT2D eigenvalue weighted by molar-refractivity contribution is 0.00405. The second kappa shape index (κ2) is 5.27. The van der Waals surface area contributed by atoms with Crippen LogP contribution in [0.5, 0.6) is 17.2 Å². The SMILES string of the molecule is COc1cc(OC)c(C2CCC2(C)NO)cc1OC. The van der Waals surface area contributed by atoms with Crippen molar-refractivity contribution in [3.8, 4) is 17.2 Å². The summed E-state index contributed by atoms with van der Waals surface area (Å²) < 4.78 is 16.0. The van der Waals surface area contributed by atoms with Crippen LogP contribution in [0.4, 0.5) is 0 Å². The molecule has 5 nitrogen and oxygen atoms in total. The van der Waals surface area contributed by atoms with Gasteiger partial charge >= 0.3 is 0 Å². The first-order valence-corrected chi connectivity index (χ1v) is 6.30. The van der Waals surface area contributed by atoms with Gasteiger partial charge in [0.15, 0.2) is 11.5 Å².